The van der Waals surface area contributed by atoms with E-state index in [1.54, 1.807) is 0 Å². The number of fused-ring (bicyclic) bond motifs is 4. The molecule has 0 bridgehead atoms. The van der Waals surface area contributed by atoms with Gasteiger partial charge in [0.05, 0.1) is 17.9 Å². The number of carbonyl (C=O) groups is 1. The normalized spacial score (nSPS) is 18.8. The zero-order valence-corrected chi connectivity index (χ0v) is 11.9. The topological polar surface area (TPSA) is 64.9 Å². The molecule has 2 aliphatic heterocycles. The Morgan fingerprint density at radius 2 is 2.18 bits per heavy atom. The molecule has 22 heavy (non-hydrogen) atoms. The lowest BCUT2D eigenvalue weighted by atomic mass is 9.92. The third kappa shape index (κ3) is 1.94. The van der Waals surface area contributed by atoms with E-state index in [0.29, 0.717) is 12.5 Å². The van der Waals surface area contributed by atoms with E-state index in [1.807, 2.05) is 23.1 Å². The summed E-state index contributed by atoms with van der Waals surface area (Å²) in [4.78, 5) is 17.4. The fourth-order valence-electron chi connectivity index (χ4n) is 3.25. The largest absolute Gasteiger partial charge is 0.465 e. The number of nitrogens with zero attached hydrogens (tertiary/aromatic N) is 2. The van der Waals surface area contributed by atoms with Crippen LogP contribution >= 0.6 is 0 Å². The van der Waals surface area contributed by atoms with Crippen molar-refractivity contribution in [2.24, 2.45) is 4.99 Å². The summed E-state index contributed by atoms with van der Waals surface area (Å²) in [5, 5.41) is 11.5. The van der Waals surface area contributed by atoms with Gasteiger partial charge in [-0.15, -0.1) is 0 Å². The van der Waals surface area contributed by atoms with Crippen LogP contribution in [0.2, 0.25) is 0 Å². The van der Waals surface area contributed by atoms with Gasteiger partial charge in [-0.2, -0.15) is 0 Å². The number of carboxylic acid groups (broad SMARTS) is 1. The zero-order valence-electron chi connectivity index (χ0n) is 11.9. The van der Waals surface area contributed by atoms with Gasteiger partial charge in [0.2, 0.25) is 5.96 Å². The summed E-state index contributed by atoms with van der Waals surface area (Å²) in [7, 11) is 0. The van der Waals surface area contributed by atoms with Gasteiger partial charge in [0.25, 0.3) is 0 Å². The van der Waals surface area contributed by atoms with E-state index in [2.05, 4.69) is 34.6 Å². The first-order chi connectivity index (χ1) is 10.7. The Bertz CT molecular complexity index is 787. The fraction of sp³-hybridized carbons (Fsp3) is 0.176. The zero-order chi connectivity index (χ0) is 15.1. The second kappa shape index (κ2) is 4.87. The van der Waals surface area contributed by atoms with Gasteiger partial charge in [-0.1, -0.05) is 36.4 Å². The molecular formula is C17H15N3O2. The summed E-state index contributed by atoms with van der Waals surface area (Å²) >= 11 is 0. The lowest BCUT2D eigenvalue weighted by Crippen LogP contribution is -2.40. The van der Waals surface area contributed by atoms with Crippen molar-refractivity contribution in [3.8, 4) is 0 Å². The highest BCUT2D eigenvalue weighted by Gasteiger charge is 2.32. The molecule has 2 N–H and O–H groups in total. The number of guanidine groups is 1. The van der Waals surface area contributed by atoms with Crippen LogP contribution in [0.5, 0.6) is 0 Å². The van der Waals surface area contributed by atoms with Crippen molar-refractivity contribution >= 4 is 17.7 Å². The van der Waals surface area contributed by atoms with E-state index < -0.39 is 6.09 Å². The SMILES string of the molecule is O=C(O)NC1=NCC2=C3CC=CC=C3Cc3ccccc3N12. The van der Waals surface area contributed by atoms with Crippen LogP contribution in [0.1, 0.15) is 12.0 Å². The molecule has 2 heterocycles. The molecule has 4 rings (SSSR count). The second-order valence-electron chi connectivity index (χ2n) is 5.46. The van der Waals surface area contributed by atoms with Crippen LogP contribution in [-0.2, 0) is 6.42 Å². The van der Waals surface area contributed by atoms with Gasteiger partial charge in [0, 0.05) is 0 Å². The number of nitrogens with one attached hydrogen (secondary N) is 1. The summed E-state index contributed by atoms with van der Waals surface area (Å²) in [5.74, 6) is 0.387. The molecule has 3 aliphatic rings. The summed E-state index contributed by atoms with van der Waals surface area (Å²) in [6.45, 7) is 0.504. The molecule has 1 aromatic rings. The van der Waals surface area contributed by atoms with Gasteiger partial charge in [-0.25, -0.2) is 9.79 Å². The first-order valence-electron chi connectivity index (χ1n) is 7.24. The Kier molecular flexibility index (Phi) is 2.85. The summed E-state index contributed by atoms with van der Waals surface area (Å²) < 4.78 is 0. The molecule has 110 valence electrons. The number of benzene rings is 1. The third-order valence-corrected chi connectivity index (χ3v) is 4.18. The number of aliphatic imine (C=N–C) groups is 1. The summed E-state index contributed by atoms with van der Waals surface area (Å²) in [6.07, 6.45) is 6.99. The summed E-state index contributed by atoms with van der Waals surface area (Å²) in [5.41, 5.74) is 5.80. The number of allylic oxidation sites excluding steroid dienone is 5. The molecule has 1 aromatic carbocycles. The van der Waals surface area contributed by atoms with Crippen LogP contribution in [0.15, 0.2) is 64.3 Å². The number of amides is 1. The lowest BCUT2D eigenvalue weighted by Gasteiger charge is -2.23. The highest BCUT2D eigenvalue weighted by Crippen LogP contribution is 2.39. The van der Waals surface area contributed by atoms with Gasteiger partial charge in [-0.05, 0) is 35.6 Å². The lowest BCUT2D eigenvalue weighted by molar-refractivity contribution is 0.200. The van der Waals surface area contributed by atoms with Gasteiger partial charge in [0.15, 0.2) is 0 Å². The first-order valence-corrected chi connectivity index (χ1v) is 7.24. The smallest absolute Gasteiger partial charge is 0.411 e. The predicted molar refractivity (Wildman–Crippen MR) is 85.0 cm³/mol. The fourth-order valence-corrected chi connectivity index (χ4v) is 3.25. The monoisotopic (exact) mass is 293 g/mol. The maximum Gasteiger partial charge on any atom is 0.411 e. The Labute approximate surface area is 128 Å². The van der Waals surface area contributed by atoms with Crippen molar-refractivity contribution in [3.05, 3.63) is 64.9 Å². The van der Waals surface area contributed by atoms with Crippen LogP contribution in [0.25, 0.3) is 0 Å². The van der Waals surface area contributed by atoms with Crippen LogP contribution < -0.4 is 10.2 Å². The van der Waals surface area contributed by atoms with Crippen molar-refractivity contribution in [2.75, 3.05) is 11.4 Å². The number of hydrogen-bond donors (Lipinski definition) is 2. The van der Waals surface area contributed by atoms with Crippen molar-refractivity contribution in [3.63, 3.8) is 0 Å². The molecule has 1 amide bonds. The minimum atomic E-state index is -1.09. The number of rotatable bonds is 0. The van der Waals surface area contributed by atoms with Gasteiger partial charge < -0.3 is 5.11 Å². The maximum absolute atomic E-state index is 11.1. The molecular weight excluding hydrogens is 278 g/mol. The van der Waals surface area contributed by atoms with Gasteiger partial charge in [-0.3, -0.25) is 10.2 Å². The van der Waals surface area contributed by atoms with Crippen molar-refractivity contribution in [2.45, 2.75) is 12.8 Å². The van der Waals surface area contributed by atoms with Crippen molar-refractivity contribution < 1.29 is 9.90 Å². The van der Waals surface area contributed by atoms with Crippen molar-refractivity contribution in [1.82, 2.24) is 5.32 Å². The van der Waals surface area contributed by atoms with Gasteiger partial charge >= 0.3 is 6.09 Å². The molecule has 5 nitrogen and oxygen atoms in total. The molecule has 0 aromatic heterocycles. The van der Waals surface area contributed by atoms with E-state index in [0.717, 1.165) is 24.2 Å². The van der Waals surface area contributed by atoms with Crippen molar-refractivity contribution in [1.29, 1.82) is 0 Å². The van der Waals surface area contributed by atoms with E-state index in [4.69, 9.17) is 5.11 Å². The van der Waals surface area contributed by atoms with E-state index in [9.17, 15) is 4.79 Å². The molecule has 0 unspecified atom stereocenters. The Balaban J connectivity index is 1.90. The Morgan fingerprint density at radius 3 is 3.05 bits per heavy atom. The molecule has 5 heteroatoms. The first kappa shape index (κ1) is 12.9. The van der Waals surface area contributed by atoms with Crippen LogP contribution in [0.4, 0.5) is 10.5 Å². The molecule has 0 fully saturated rings. The van der Waals surface area contributed by atoms with Gasteiger partial charge in [0.1, 0.15) is 0 Å². The highest BCUT2D eigenvalue weighted by molar-refractivity contribution is 6.08. The average Bonchev–Trinajstić information content (AvgIpc) is 2.85. The highest BCUT2D eigenvalue weighted by atomic mass is 16.4. The number of anilines is 1. The Morgan fingerprint density at radius 1 is 1.32 bits per heavy atom. The van der Waals surface area contributed by atoms with E-state index in [-0.39, 0.29) is 0 Å². The minimum Gasteiger partial charge on any atom is -0.465 e. The molecule has 0 spiro atoms. The van der Waals surface area contributed by atoms with Crippen LogP contribution in [0, 0.1) is 0 Å². The van der Waals surface area contributed by atoms with E-state index >= 15 is 0 Å². The number of hydrogen-bond acceptors (Lipinski definition) is 3. The molecule has 0 radical (unpaired) electrons. The molecule has 1 aliphatic carbocycles. The number of para-hydroxylation sites is 1. The standard InChI is InChI=1S/C17H15N3O2/c21-17(22)19-16-18-10-15-13-7-3-1-5-11(13)9-12-6-2-4-8-14(12)20(15)16/h1-6,8H,7,9-10H2,(H,18,19)(H,21,22). The maximum atomic E-state index is 11.1. The third-order valence-electron chi connectivity index (χ3n) is 4.18. The summed E-state index contributed by atoms with van der Waals surface area (Å²) in [6, 6.07) is 8.09. The second-order valence-corrected chi connectivity index (χ2v) is 5.46. The Hall–Kier alpha value is -2.82. The average molecular weight is 293 g/mol. The van der Waals surface area contributed by atoms with Crippen LogP contribution in [0.3, 0.4) is 0 Å². The van der Waals surface area contributed by atoms with Crippen LogP contribution in [-0.4, -0.2) is 23.7 Å². The van der Waals surface area contributed by atoms with E-state index in [1.165, 1.54) is 16.7 Å². The molecule has 0 atom stereocenters. The molecule has 0 saturated heterocycles. The predicted octanol–water partition coefficient (Wildman–Crippen LogP) is 2.83. The minimum absolute atomic E-state index is 0.387. The molecule has 0 saturated carbocycles. The quantitative estimate of drug-likeness (QED) is 0.773.